The van der Waals surface area contributed by atoms with Gasteiger partial charge in [-0.1, -0.05) is 6.07 Å². The zero-order valence-corrected chi connectivity index (χ0v) is 17.0. The number of carbonyl (C=O) groups is 3. The Bertz CT molecular complexity index is 1200. The molecule has 1 aromatic carbocycles. The van der Waals surface area contributed by atoms with E-state index < -0.39 is 17.5 Å². The molecular formula is C22H20N4O5. The number of urea groups is 1. The van der Waals surface area contributed by atoms with Crippen molar-refractivity contribution in [2.24, 2.45) is 0 Å². The van der Waals surface area contributed by atoms with Gasteiger partial charge in [0.05, 0.1) is 13.7 Å². The Morgan fingerprint density at radius 2 is 2.06 bits per heavy atom. The lowest BCUT2D eigenvalue weighted by atomic mass is 9.95. The number of furan rings is 1. The van der Waals surface area contributed by atoms with Gasteiger partial charge in [-0.15, -0.1) is 0 Å². The fourth-order valence-corrected chi connectivity index (χ4v) is 4.23. The highest BCUT2D eigenvalue weighted by Crippen LogP contribution is 2.36. The number of rotatable bonds is 5. The van der Waals surface area contributed by atoms with Crippen molar-refractivity contribution in [1.82, 2.24) is 20.1 Å². The van der Waals surface area contributed by atoms with E-state index in [0.29, 0.717) is 29.0 Å². The maximum Gasteiger partial charge on any atom is 0.325 e. The summed E-state index contributed by atoms with van der Waals surface area (Å²) < 4.78 is 11.2. The predicted octanol–water partition coefficient (Wildman–Crippen LogP) is 2.26. The Hall–Kier alpha value is -3.88. The van der Waals surface area contributed by atoms with Gasteiger partial charge in [-0.25, -0.2) is 4.79 Å². The molecule has 1 fully saturated rings. The average molecular weight is 420 g/mol. The number of benzene rings is 1. The van der Waals surface area contributed by atoms with Crippen LogP contribution in [-0.4, -0.2) is 52.8 Å². The van der Waals surface area contributed by atoms with E-state index in [1.54, 1.807) is 48.4 Å². The van der Waals surface area contributed by atoms with E-state index in [1.165, 1.54) is 7.11 Å². The van der Waals surface area contributed by atoms with Gasteiger partial charge in [0, 0.05) is 30.9 Å². The lowest BCUT2D eigenvalue weighted by Gasteiger charge is -2.29. The molecule has 2 aliphatic heterocycles. The van der Waals surface area contributed by atoms with Crippen molar-refractivity contribution >= 4 is 28.9 Å². The molecule has 31 heavy (non-hydrogen) atoms. The molecule has 0 aliphatic carbocycles. The first-order valence-corrected chi connectivity index (χ1v) is 9.92. The number of imide groups is 1. The second kappa shape index (κ2) is 6.83. The molecule has 3 aromatic rings. The molecule has 0 saturated carbocycles. The van der Waals surface area contributed by atoms with E-state index in [9.17, 15) is 14.4 Å². The molecule has 5 rings (SSSR count). The van der Waals surface area contributed by atoms with Crippen LogP contribution in [0.3, 0.4) is 0 Å². The maximum atomic E-state index is 13.4. The lowest BCUT2D eigenvalue weighted by Crippen LogP contribution is -2.52. The third-order valence-electron chi connectivity index (χ3n) is 5.82. The molecule has 158 valence electrons. The summed E-state index contributed by atoms with van der Waals surface area (Å²) in [6, 6.07) is 9.89. The number of aromatic nitrogens is 1. The summed E-state index contributed by atoms with van der Waals surface area (Å²) in [6.45, 7) is 2.17. The van der Waals surface area contributed by atoms with Crippen molar-refractivity contribution in [3.05, 3.63) is 59.5 Å². The van der Waals surface area contributed by atoms with Crippen molar-refractivity contribution in [1.29, 1.82) is 0 Å². The van der Waals surface area contributed by atoms with Gasteiger partial charge in [-0.05, 0) is 36.8 Å². The lowest BCUT2D eigenvalue weighted by molar-refractivity contribution is -0.132. The van der Waals surface area contributed by atoms with Crippen molar-refractivity contribution in [3.8, 4) is 5.75 Å². The van der Waals surface area contributed by atoms with Crippen LogP contribution in [0.15, 0.2) is 47.0 Å². The summed E-state index contributed by atoms with van der Waals surface area (Å²) in [6.07, 6.45) is 1.62. The number of likely N-dealkylation sites (N-methyl/N-ethyl adjacent to an activating group) is 1. The highest BCUT2D eigenvalue weighted by atomic mass is 16.5. The second-order valence-corrected chi connectivity index (χ2v) is 7.57. The smallest absolute Gasteiger partial charge is 0.325 e. The molecule has 4 amide bonds. The van der Waals surface area contributed by atoms with Crippen LogP contribution >= 0.6 is 0 Å². The van der Waals surface area contributed by atoms with Gasteiger partial charge in [-0.2, -0.15) is 0 Å². The SMILES string of the molecule is CCN1C(=O)N[C@@](CN2Cc3ccc(OC)cc3C2=O)(c2cc3ncccc3o2)C1=O. The Balaban J connectivity index is 1.57. The summed E-state index contributed by atoms with van der Waals surface area (Å²) in [5.41, 5.74) is 0.876. The quantitative estimate of drug-likeness (QED) is 0.635. The Morgan fingerprint density at radius 3 is 2.77 bits per heavy atom. The van der Waals surface area contributed by atoms with E-state index in [-0.39, 0.29) is 24.8 Å². The van der Waals surface area contributed by atoms with Crippen LogP contribution < -0.4 is 10.1 Å². The monoisotopic (exact) mass is 420 g/mol. The van der Waals surface area contributed by atoms with Gasteiger partial charge < -0.3 is 19.4 Å². The summed E-state index contributed by atoms with van der Waals surface area (Å²) in [5.74, 6) is 0.131. The Labute approximate surface area is 177 Å². The second-order valence-electron chi connectivity index (χ2n) is 7.57. The van der Waals surface area contributed by atoms with Crippen LogP contribution in [0, 0.1) is 0 Å². The molecule has 0 unspecified atom stereocenters. The maximum absolute atomic E-state index is 13.4. The summed E-state index contributed by atoms with van der Waals surface area (Å²) >= 11 is 0. The van der Waals surface area contributed by atoms with Crippen molar-refractivity contribution < 1.29 is 23.5 Å². The van der Waals surface area contributed by atoms with E-state index in [2.05, 4.69) is 10.3 Å². The van der Waals surface area contributed by atoms with Crippen molar-refractivity contribution in [2.75, 3.05) is 20.2 Å². The number of ether oxygens (including phenoxy) is 1. The molecule has 1 saturated heterocycles. The normalized spacial score (nSPS) is 20.5. The Kier molecular flexibility index (Phi) is 4.21. The molecule has 0 spiro atoms. The standard InChI is InChI=1S/C22H20N4O5/c1-3-26-20(28)22(24-21(26)29,18-10-16-17(31-18)5-4-8-23-16)12-25-11-13-6-7-14(30-2)9-15(13)19(25)27/h4-10H,3,11-12H2,1-2H3,(H,24,29)/t22-/m0/s1. The third kappa shape index (κ3) is 2.77. The zero-order valence-electron chi connectivity index (χ0n) is 17.0. The molecule has 4 heterocycles. The molecular weight excluding hydrogens is 400 g/mol. The number of methoxy groups -OCH3 is 1. The fraction of sp³-hybridized carbons (Fsp3) is 0.273. The first-order chi connectivity index (χ1) is 15.0. The van der Waals surface area contributed by atoms with Crippen LogP contribution in [0.4, 0.5) is 4.79 Å². The average Bonchev–Trinajstić information content (AvgIpc) is 3.41. The van der Waals surface area contributed by atoms with Crippen LogP contribution in [0.1, 0.15) is 28.6 Å². The largest absolute Gasteiger partial charge is 0.497 e. The minimum absolute atomic E-state index is 0.0657. The highest BCUT2D eigenvalue weighted by molar-refractivity contribution is 6.08. The van der Waals surface area contributed by atoms with Crippen molar-refractivity contribution in [3.63, 3.8) is 0 Å². The van der Waals surface area contributed by atoms with Gasteiger partial charge >= 0.3 is 6.03 Å². The topological polar surface area (TPSA) is 105 Å². The summed E-state index contributed by atoms with van der Waals surface area (Å²) in [5, 5.41) is 2.79. The molecule has 9 heteroatoms. The van der Waals surface area contributed by atoms with E-state index in [1.807, 2.05) is 6.07 Å². The van der Waals surface area contributed by atoms with Crippen LogP contribution in [0.2, 0.25) is 0 Å². The van der Waals surface area contributed by atoms with E-state index >= 15 is 0 Å². The van der Waals surface area contributed by atoms with Gasteiger partial charge in [0.25, 0.3) is 11.8 Å². The first-order valence-electron chi connectivity index (χ1n) is 9.92. The van der Waals surface area contributed by atoms with Gasteiger partial charge in [-0.3, -0.25) is 19.5 Å². The number of hydrogen-bond donors (Lipinski definition) is 1. The highest BCUT2D eigenvalue weighted by Gasteiger charge is 2.56. The molecule has 0 radical (unpaired) electrons. The van der Waals surface area contributed by atoms with Crippen LogP contribution in [0.5, 0.6) is 5.75 Å². The number of nitrogens with one attached hydrogen (secondary N) is 1. The molecule has 2 aromatic heterocycles. The molecule has 2 aliphatic rings. The molecule has 0 bridgehead atoms. The number of nitrogens with zero attached hydrogens (tertiary/aromatic N) is 3. The number of fused-ring (bicyclic) bond motifs is 2. The van der Waals surface area contributed by atoms with Crippen LogP contribution in [-0.2, 0) is 16.9 Å². The predicted molar refractivity (Wildman–Crippen MR) is 109 cm³/mol. The number of amides is 4. The third-order valence-corrected chi connectivity index (χ3v) is 5.82. The number of carbonyl (C=O) groups excluding carboxylic acids is 3. The molecule has 1 atom stereocenters. The van der Waals surface area contributed by atoms with Crippen molar-refractivity contribution in [2.45, 2.75) is 19.0 Å². The van der Waals surface area contributed by atoms with E-state index in [4.69, 9.17) is 9.15 Å². The first kappa shape index (κ1) is 19.1. The minimum atomic E-state index is -1.53. The van der Waals surface area contributed by atoms with Gasteiger partial charge in [0.2, 0.25) is 0 Å². The fourth-order valence-electron chi connectivity index (χ4n) is 4.23. The number of hydrogen-bond acceptors (Lipinski definition) is 6. The van der Waals surface area contributed by atoms with Gasteiger partial charge in [0.15, 0.2) is 11.1 Å². The molecule has 1 N–H and O–H groups in total. The van der Waals surface area contributed by atoms with E-state index in [0.717, 1.165) is 10.5 Å². The Morgan fingerprint density at radius 1 is 1.23 bits per heavy atom. The summed E-state index contributed by atoms with van der Waals surface area (Å²) in [4.78, 5) is 46.1. The summed E-state index contributed by atoms with van der Waals surface area (Å²) in [7, 11) is 1.54. The number of pyridine rings is 1. The minimum Gasteiger partial charge on any atom is -0.497 e. The molecule has 9 nitrogen and oxygen atoms in total. The van der Waals surface area contributed by atoms with Gasteiger partial charge in [0.1, 0.15) is 17.0 Å². The van der Waals surface area contributed by atoms with Crippen LogP contribution in [0.25, 0.3) is 11.1 Å². The zero-order chi connectivity index (χ0) is 21.8.